The summed E-state index contributed by atoms with van der Waals surface area (Å²) < 4.78 is 0. The third kappa shape index (κ3) is 3.21. The average molecular weight is 224 g/mol. The van der Waals surface area contributed by atoms with Gasteiger partial charge < -0.3 is 10.6 Å². The van der Waals surface area contributed by atoms with Crippen molar-refractivity contribution in [1.29, 1.82) is 0 Å². The standard InChI is InChI=1S/C14H28N2/c15-10-6-3-7-11-16-12-14(13-16)8-4-1-2-5-9-14/h1-13,15H2. The van der Waals surface area contributed by atoms with Crippen molar-refractivity contribution in [2.45, 2.75) is 57.8 Å². The Hall–Kier alpha value is -0.0800. The van der Waals surface area contributed by atoms with Gasteiger partial charge in [0.25, 0.3) is 0 Å². The molecule has 2 nitrogen and oxygen atoms in total. The Balaban J connectivity index is 1.60. The number of rotatable bonds is 5. The van der Waals surface area contributed by atoms with Gasteiger partial charge in [0.15, 0.2) is 0 Å². The highest BCUT2D eigenvalue weighted by Gasteiger charge is 2.41. The summed E-state index contributed by atoms with van der Waals surface area (Å²) in [5.41, 5.74) is 6.26. The zero-order valence-corrected chi connectivity index (χ0v) is 10.7. The summed E-state index contributed by atoms with van der Waals surface area (Å²) in [4.78, 5) is 2.67. The second-order valence-electron chi connectivity index (χ2n) is 5.97. The Kier molecular flexibility index (Phi) is 4.66. The van der Waals surface area contributed by atoms with Crippen LogP contribution in [0, 0.1) is 5.41 Å². The van der Waals surface area contributed by atoms with Gasteiger partial charge in [-0.05, 0) is 44.2 Å². The van der Waals surface area contributed by atoms with E-state index < -0.39 is 0 Å². The average Bonchev–Trinajstić information content (AvgIpc) is 2.48. The van der Waals surface area contributed by atoms with Gasteiger partial charge in [-0.15, -0.1) is 0 Å². The van der Waals surface area contributed by atoms with Crippen LogP contribution in [-0.2, 0) is 0 Å². The normalized spacial score (nSPS) is 25.3. The maximum absolute atomic E-state index is 5.51. The molecule has 1 aliphatic heterocycles. The molecule has 1 saturated heterocycles. The second-order valence-corrected chi connectivity index (χ2v) is 5.97. The first kappa shape index (κ1) is 12.4. The lowest BCUT2D eigenvalue weighted by Crippen LogP contribution is -2.56. The predicted octanol–water partition coefficient (Wildman–Crippen LogP) is 2.77. The summed E-state index contributed by atoms with van der Waals surface area (Å²) in [6.45, 7) is 4.98. The summed E-state index contributed by atoms with van der Waals surface area (Å²) in [5.74, 6) is 0. The van der Waals surface area contributed by atoms with Gasteiger partial charge in [0.2, 0.25) is 0 Å². The molecule has 1 aliphatic carbocycles. The fourth-order valence-electron chi connectivity index (χ4n) is 3.51. The lowest BCUT2D eigenvalue weighted by atomic mass is 9.73. The molecule has 0 amide bonds. The van der Waals surface area contributed by atoms with E-state index in [1.165, 1.54) is 77.4 Å². The number of unbranched alkanes of at least 4 members (excludes halogenated alkanes) is 2. The van der Waals surface area contributed by atoms with Crippen molar-refractivity contribution >= 4 is 0 Å². The van der Waals surface area contributed by atoms with Crippen molar-refractivity contribution in [3.63, 3.8) is 0 Å². The van der Waals surface area contributed by atoms with Crippen LogP contribution < -0.4 is 5.73 Å². The molecule has 2 N–H and O–H groups in total. The van der Waals surface area contributed by atoms with Gasteiger partial charge in [-0.3, -0.25) is 0 Å². The second kappa shape index (κ2) is 6.02. The molecule has 0 aromatic rings. The molecule has 2 heteroatoms. The van der Waals surface area contributed by atoms with Gasteiger partial charge in [0, 0.05) is 13.1 Å². The van der Waals surface area contributed by atoms with E-state index in [0.29, 0.717) is 0 Å². The monoisotopic (exact) mass is 224 g/mol. The van der Waals surface area contributed by atoms with Gasteiger partial charge in [0.05, 0.1) is 0 Å². The quantitative estimate of drug-likeness (QED) is 0.728. The number of hydrogen-bond acceptors (Lipinski definition) is 2. The Morgan fingerprint density at radius 3 is 2.19 bits per heavy atom. The summed E-state index contributed by atoms with van der Waals surface area (Å²) >= 11 is 0. The summed E-state index contributed by atoms with van der Waals surface area (Å²) in [6, 6.07) is 0. The highest BCUT2D eigenvalue weighted by atomic mass is 15.2. The molecule has 0 radical (unpaired) electrons. The molecule has 0 aromatic heterocycles. The van der Waals surface area contributed by atoms with Crippen LogP contribution in [0.5, 0.6) is 0 Å². The molecule has 0 atom stereocenters. The number of likely N-dealkylation sites (tertiary alicyclic amines) is 1. The van der Waals surface area contributed by atoms with Crippen LogP contribution in [0.2, 0.25) is 0 Å². The fraction of sp³-hybridized carbons (Fsp3) is 1.00. The van der Waals surface area contributed by atoms with Crippen molar-refractivity contribution in [1.82, 2.24) is 4.90 Å². The third-order valence-corrected chi connectivity index (χ3v) is 4.46. The maximum atomic E-state index is 5.51. The minimum Gasteiger partial charge on any atom is -0.330 e. The fourth-order valence-corrected chi connectivity index (χ4v) is 3.51. The van der Waals surface area contributed by atoms with E-state index in [1.807, 2.05) is 0 Å². The zero-order chi connectivity index (χ0) is 11.3. The van der Waals surface area contributed by atoms with Crippen LogP contribution in [-0.4, -0.2) is 31.1 Å². The maximum Gasteiger partial charge on any atom is 0.00505 e. The molecule has 94 valence electrons. The molecule has 0 bridgehead atoms. The topological polar surface area (TPSA) is 29.3 Å². The lowest BCUT2D eigenvalue weighted by molar-refractivity contribution is -0.0124. The Bertz CT molecular complexity index is 187. The molecule has 2 fully saturated rings. The Labute approximate surface area is 101 Å². The third-order valence-electron chi connectivity index (χ3n) is 4.46. The van der Waals surface area contributed by atoms with Crippen LogP contribution in [0.25, 0.3) is 0 Å². The van der Waals surface area contributed by atoms with Gasteiger partial charge in [-0.1, -0.05) is 32.1 Å². The van der Waals surface area contributed by atoms with E-state index in [4.69, 9.17) is 5.73 Å². The van der Waals surface area contributed by atoms with Crippen LogP contribution in [0.4, 0.5) is 0 Å². The SMILES string of the molecule is NCCCCCN1CC2(CCCCCC2)C1. The minimum atomic E-state index is 0.754. The summed E-state index contributed by atoms with van der Waals surface area (Å²) in [7, 11) is 0. The highest BCUT2D eigenvalue weighted by molar-refractivity contribution is 4.95. The zero-order valence-electron chi connectivity index (χ0n) is 10.7. The number of nitrogens with zero attached hydrogens (tertiary/aromatic N) is 1. The molecule has 2 aliphatic rings. The van der Waals surface area contributed by atoms with E-state index in [-0.39, 0.29) is 0 Å². The number of nitrogens with two attached hydrogens (primary N) is 1. The molecule has 1 saturated carbocycles. The van der Waals surface area contributed by atoms with E-state index in [2.05, 4.69) is 4.90 Å². The van der Waals surface area contributed by atoms with E-state index in [9.17, 15) is 0 Å². The van der Waals surface area contributed by atoms with E-state index >= 15 is 0 Å². The van der Waals surface area contributed by atoms with Gasteiger partial charge in [-0.2, -0.15) is 0 Å². The minimum absolute atomic E-state index is 0.754. The number of hydrogen-bond donors (Lipinski definition) is 1. The molecular weight excluding hydrogens is 196 g/mol. The molecule has 1 spiro atoms. The highest BCUT2D eigenvalue weighted by Crippen LogP contribution is 2.42. The molecule has 0 aromatic carbocycles. The van der Waals surface area contributed by atoms with Crippen LogP contribution >= 0.6 is 0 Å². The molecule has 16 heavy (non-hydrogen) atoms. The van der Waals surface area contributed by atoms with Crippen molar-refractivity contribution < 1.29 is 0 Å². The first-order valence-electron chi connectivity index (χ1n) is 7.27. The Morgan fingerprint density at radius 2 is 1.56 bits per heavy atom. The van der Waals surface area contributed by atoms with E-state index in [0.717, 1.165) is 12.0 Å². The van der Waals surface area contributed by atoms with Crippen LogP contribution in [0.1, 0.15) is 57.8 Å². The first-order chi connectivity index (χ1) is 7.85. The summed E-state index contributed by atoms with van der Waals surface area (Å²) in [6.07, 6.45) is 12.8. The molecule has 2 rings (SSSR count). The van der Waals surface area contributed by atoms with Gasteiger partial charge in [-0.25, -0.2) is 0 Å². The lowest BCUT2D eigenvalue weighted by Gasteiger charge is -2.50. The summed E-state index contributed by atoms with van der Waals surface area (Å²) in [5, 5.41) is 0. The van der Waals surface area contributed by atoms with Gasteiger partial charge >= 0.3 is 0 Å². The van der Waals surface area contributed by atoms with Gasteiger partial charge in [0.1, 0.15) is 0 Å². The smallest absolute Gasteiger partial charge is 0.00505 e. The first-order valence-corrected chi connectivity index (χ1v) is 7.27. The molecule has 1 heterocycles. The Morgan fingerprint density at radius 1 is 0.875 bits per heavy atom. The van der Waals surface area contributed by atoms with Crippen molar-refractivity contribution in [2.24, 2.45) is 11.1 Å². The van der Waals surface area contributed by atoms with Crippen molar-refractivity contribution in [3.8, 4) is 0 Å². The largest absolute Gasteiger partial charge is 0.330 e. The van der Waals surface area contributed by atoms with Crippen molar-refractivity contribution in [2.75, 3.05) is 26.2 Å². The van der Waals surface area contributed by atoms with E-state index in [1.54, 1.807) is 0 Å². The van der Waals surface area contributed by atoms with Crippen molar-refractivity contribution in [3.05, 3.63) is 0 Å². The molecule has 0 unspecified atom stereocenters. The predicted molar refractivity (Wildman–Crippen MR) is 69.5 cm³/mol. The van der Waals surface area contributed by atoms with Crippen LogP contribution in [0.15, 0.2) is 0 Å². The molecular formula is C14H28N2. The van der Waals surface area contributed by atoms with Crippen LogP contribution in [0.3, 0.4) is 0 Å².